The number of aryl methyl sites for hydroxylation is 1. The van der Waals surface area contributed by atoms with E-state index in [1.54, 1.807) is 6.33 Å². The Morgan fingerprint density at radius 1 is 1.30 bits per heavy atom. The van der Waals surface area contributed by atoms with Crippen LogP contribution in [0.2, 0.25) is 0 Å². The van der Waals surface area contributed by atoms with Crippen molar-refractivity contribution < 1.29 is 0 Å². The lowest BCUT2D eigenvalue weighted by Crippen LogP contribution is -2.47. The molecule has 1 aromatic heterocycles. The minimum Gasteiger partial charge on any atom is -0.357 e. The molecular formula is C20H31IN6. The highest BCUT2D eigenvalue weighted by atomic mass is 127. The van der Waals surface area contributed by atoms with Crippen LogP contribution in [-0.4, -0.2) is 39.9 Å². The maximum Gasteiger partial charge on any atom is 0.191 e. The molecule has 0 fully saturated rings. The summed E-state index contributed by atoms with van der Waals surface area (Å²) >= 11 is 0. The van der Waals surface area contributed by atoms with Crippen LogP contribution >= 0.6 is 24.0 Å². The fourth-order valence-corrected chi connectivity index (χ4v) is 3.37. The lowest BCUT2D eigenvalue weighted by Gasteiger charge is -2.27. The van der Waals surface area contributed by atoms with Crippen molar-refractivity contribution >= 4 is 29.9 Å². The predicted octanol–water partition coefficient (Wildman–Crippen LogP) is 3.03. The summed E-state index contributed by atoms with van der Waals surface area (Å²) in [4.78, 5) is 9.16. The van der Waals surface area contributed by atoms with Crippen LogP contribution in [0, 0.1) is 5.41 Å². The maximum absolute atomic E-state index is 4.87. The highest BCUT2D eigenvalue weighted by Gasteiger charge is 2.22. The lowest BCUT2D eigenvalue weighted by atomic mass is 9.86. The molecule has 1 aliphatic heterocycles. The Bertz CT molecular complexity index is 725. The van der Waals surface area contributed by atoms with Gasteiger partial charge in [0.15, 0.2) is 5.96 Å². The number of hydrogen-bond acceptors (Lipinski definition) is 3. The normalized spacial score (nSPS) is 17.0. The molecule has 1 aromatic carbocycles. The molecule has 0 spiro atoms. The van der Waals surface area contributed by atoms with E-state index in [0.29, 0.717) is 6.04 Å². The zero-order valence-electron chi connectivity index (χ0n) is 16.5. The smallest absolute Gasteiger partial charge is 0.191 e. The Balaban J connectivity index is 0.00000261. The Kier molecular flexibility index (Phi) is 8.07. The van der Waals surface area contributed by atoms with Gasteiger partial charge in [-0.15, -0.1) is 24.0 Å². The van der Waals surface area contributed by atoms with Crippen LogP contribution < -0.4 is 10.6 Å². The van der Waals surface area contributed by atoms with Crippen molar-refractivity contribution in [2.75, 3.05) is 13.1 Å². The lowest BCUT2D eigenvalue weighted by molar-refractivity contribution is 0.372. The number of rotatable bonds is 6. The molecule has 0 radical (unpaired) electrons. The molecule has 6 nitrogen and oxygen atoms in total. The van der Waals surface area contributed by atoms with Crippen LogP contribution in [0.1, 0.15) is 38.6 Å². The van der Waals surface area contributed by atoms with Crippen LogP contribution in [0.3, 0.4) is 0 Å². The summed E-state index contributed by atoms with van der Waals surface area (Å²) in [5.74, 6) is 1.97. The highest BCUT2D eigenvalue weighted by Crippen LogP contribution is 2.22. The van der Waals surface area contributed by atoms with Gasteiger partial charge in [-0.1, -0.05) is 44.2 Å². The Hall–Kier alpha value is -1.64. The summed E-state index contributed by atoms with van der Waals surface area (Å²) in [6.07, 6.45) is 4.67. The van der Waals surface area contributed by atoms with Gasteiger partial charge in [0.25, 0.3) is 0 Å². The van der Waals surface area contributed by atoms with Gasteiger partial charge in [-0.25, -0.2) is 9.67 Å². The van der Waals surface area contributed by atoms with Crippen LogP contribution in [0.4, 0.5) is 0 Å². The second kappa shape index (κ2) is 10.1. The van der Waals surface area contributed by atoms with E-state index in [1.807, 2.05) is 4.68 Å². The van der Waals surface area contributed by atoms with Crippen LogP contribution in [0.15, 0.2) is 41.7 Å². The van der Waals surface area contributed by atoms with Gasteiger partial charge < -0.3 is 10.6 Å². The fraction of sp³-hybridized carbons (Fsp3) is 0.550. The average molecular weight is 482 g/mol. The molecule has 0 saturated carbocycles. The van der Waals surface area contributed by atoms with Gasteiger partial charge in [-0.2, -0.15) is 5.10 Å². The number of nitrogens with zero attached hydrogens (tertiary/aromatic N) is 4. The molecule has 148 valence electrons. The van der Waals surface area contributed by atoms with Gasteiger partial charge in [0.2, 0.25) is 0 Å². The Morgan fingerprint density at radius 3 is 2.81 bits per heavy atom. The number of aromatic nitrogens is 3. The van der Waals surface area contributed by atoms with Crippen molar-refractivity contribution in [3.8, 4) is 0 Å². The number of fused-ring (bicyclic) bond motifs is 1. The van der Waals surface area contributed by atoms with Gasteiger partial charge in [0.05, 0.1) is 6.54 Å². The molecule has 3 rings (SSSR count). The topological polar surface area (TPSA) is 67.1 Å². The van der Waals surface area contributed by atoms with E-state index in [-0.39, 0.29) is 29.4 Å². The van der Waals surface area contributed by atoms with E-state index in [4.69, 9.17) is 4.99 Å². The monoisotopic (exact) mass is 482 g/mol. The summed E-state index contributed by atoms with van der Waals surface area (Å²) < 4.78 is 1.99. The van der Waals surface area contributed by atoms with Gasteiger partial charge in [0.1, 0.15) is 12.2 Å². The summed E-state index contributed by atoms with van der Waals surface area (Å²) in [5.41, 5.74) is 1.46. The number of aliphatic imine (C=N–C) groups is 1. The molecule has 0 saturated heterocycles. The van der Waals surface area contributed by atoms with E-state index in [2.05, 4.69) is 71.8 Å². The fourth-order valence-electron chi connectivity index (χ4n) is 3.37. The zero-order chi connectivity index (χ0) is 18.4. The second-order valence-electron chi connectivity index (χ2n) is 7.76. The van der Waals surface area contributed by atoms with Crippen molar-refractivity contribution in [1.29, 1.82) is 0 Å². The molecule has 1 unspecified atom stereocenters. The van der Waals surface area contributed by atoms with E-state index < -0.39 is 0 Å². The quantitative estimate of drug-likeness (QED) is 0.378. The molecule has 2 heterocycles. The van der Waals surface area contributed by atoms with E-state index in [0.717, 1.165) is 50.7 Å². The van der Waals surface area contributed by atoms with Crippen molar-refractivity contribution in [2.45, 2.75) is 52.6 Å². The number of guanidine groups is 1. The largest absolute Gasteiger partial charge is 0.357 e. The predicted molar refractivity (Wildman–Crippen MR) is 121 cm³/mol. The minimum absolute atomic E-state index is 0. The van der Waals surface area contributed by atoms with Crippen molar-refractivity contribution in [2.24, 2.45) is 10.4 Å². The average Bonchev–Trinajstić information content (AvgIpc) is 3.08. The first-order valence-electron chi connectivity index (χ1n) is 9.51. The van der Waals surface area contributed by atoms with Crippen LogP contribution in [-0.2, 0) is 19.4 Å². The Morgan fingerprint density at radius 2 is 2.07 bits per heavy atom. The number of hydrogen-bond donors (Lipinski definition) is 2. The van der Waals surface area contributed by atoms with Crippen LogP contribution in [0.25, 0.3) is 0 Å². The van der Waals surface area contributed by atoms with Gasteiger partial charge >= 0.3 is 0 Å². The molecule has 2 N–H and O–H groups in total. The zero-order valence-corrected chi connectivity index (χ0v) is 18.8. The molecule has 7 heteroatoms. The first-order valence-corrected chi connectivity index (χ1v) is 9.51. The minimum atomic E-state index is 0. The third-order valence-electron chi connectivity index (χ3n) is 4.68. The molecule has 0 aliphatic carbocycles. The molecule has 0 bridgehead atoms. The third kappa shape index (κ3) is 6.48. The number of nitrogens with one attached hydrogen (secondary N) is 2. The number of halogens is 1. The SMILES string of the molecule is CCNC(=NCC(C)(C)Cc1ccccc1)NC1CCc2ncnn2C1.I. The maximum atomic E-state index is 4.87. The Labute approximate surface area is 179 Å². The summed E-state index contributed by atoms with van der Waals surface area (Å²) in [6, 6.07) is 11.0. The van der Waals surface area contributed by atoms with Gasteiger partial charge in [0, 0.05) is 25.6 Å². The molecule has 0 amide bonds. The molecular weight excluding hydrogens is 451 g/mol. The van der Waals surface area contributed by atoms with Gasteiger partial charge in [-0.3, -0.25) is 4.99 Å². The highest BCUT2D eigenvalue weighted by molar-refractivity contribution is 14.0. The molecule has 27 heavy (non-hydrogen) atoms. The summed E-state index contributed by atoms with van der Waals surface area (Å²) in [6.45, 7) is 9.12. The third-order valence-corrected chi connectivity index (χ3v) is 4.68. The summed E-state index contributed by atoms with van der Waals surface area (Å²) in [7, 11) is 0. The first kappa shape index (κ1) is 21.7. The first-order chi connectivity index (χ1) is 12.6. The van der Waals surface area contributed by atoms with Crippen LogP contribution in [0.5, 0.6) is 0 Å². The molecule has 1 atom stereocenters. The van der Waals surface area contributed by atoms with Crippen molar-refractivity contribution in [3.05, 3.63) is 48.0 Å². The molecule has 2 aromatic rings. The van der Waals surface area contributed by atoms with E-state index >= 15 is 0 Å². The van der Waals surface area contributed by atoms with E-state index in [9.17, 15) is 0 Å². The number of benzene rings is 1. The van der Waals surface area contributed by atoms with Gasteiger partial charge in [-0.05, 0) is 30.7 Å². The molecule has 1 aliphatic rings. The van der Waals surface area contributed by atoms with E-state index in [1.165, 1.54) is 5.56 Å². The van der Waals surface area contributed by atoms with Crippen molar-refractivity contribution in [3.63, 3.8) is 0 Å². The summed E-state index contributed by atoms with van der Waals surface area (Å²) in [5, 5.41) is 11.2. The van der Waals surface area contributed by atoms with Crippen molar-refractivity contribution in [1.82, 2.24) is 25.4 Å². The standard InChI is InChI=1S/C20H30N6.HI/c1-4-21-19(25-17-10-11-18-23-15-24-26(18)13-17)22-14-20(2,3)12-16-8-6-5-7-9-16;/h5-9,15,17H,4,10-14H2,1-3H3,(H2,21,22,25);1H. The second-order valence-corrected chi connectivity index (χ2v) is 7.76.